The molecule has 0 fully saturated rings. The predicted molar refractivity (Wildman–Crippen MR) is 44.0 cm³/mol. The molecule has 0 bridgehead atoms. The molecule has 0 aliphatic carbocycles. The van der Waals surface area contributed by atoms with Crippen LogP contribution in [-0.4, -0.2) is 32.3 Å². The lowest BCUT2D eigenvalue weighted by atomic mass is 10.4. The van der Waals surface area contributed by atoms with Crippen molar-refractivity contribution < 1.29 is 9.47 Å². The van der Waals surface area contributed by atoms with E-state index in [-0.39, 0.29) is 0 Å². The van der Waals surface area contributed by atoms with Crippen LogP contribution in [0, 0.1) is 0 Å². The Labute approximate surface area is 67.4 Å². The molecule has 0 aromatic carbocycles. The molecule has 0 N–H and O–H groups in total. The highest BCUT2D eigenvalue weighted by Crippen LogP contribution is 1.98. The number of ether oxygens (including phenoxy) is 2. The Hall–Kier alpha value is -0.570. The summed E-state index contributed by atoms with van der Waals surface area (Å²) in [6, 6.07) is 0. The van der Waals surface area contributed by atoms with Crippen LogP contribution in [0.2, 0.25) is 0 Å². The van der Waals surface area contributed by atoms with Crippen LogP contribution < -0.4 is 0 Å². The largest absolute Gasteiger partial charge is 0.479 e. The topological polar surface area (TPSA) is 30.8 Å². The third-order valence-corrected chi connectivity index (χ3v) is 1.46. The molecule has 64 valence electrons. The molecule has 0 aromatic heterocycles. The smallest absolute Gasteiger partial charge is 0.185 e. The van der Waals surface area contributed by atoms with E-state index in [0.717, 1.165) is 45.1 Å². The van der Waals surface area contributed by atoms with Crippen molar-refractivity contribution in [3.8, 4) is 0 Å². The molecule has 11 heavy (non-hydrogen) atoms. The molecule has 0 radical (unpaired) electrons. The highest BCUT2D eigenvalue weighted by Gasteiger charge is 2.05. The van der Waals surface area contributed by atoms with E-state index in [1.54, 1.807) is 0 Å². The van der Waals surface area contributed by atoms with Crippen molar-refractivity contribution in [3.63, 3.8) is 0 Å². The van der Waals surface area contributed by atoms with Crippen molar-refractivity contribution in [2.75, 3.05) is 26.4 Å². The Morgan fingerprint density at radius 2 is 2.45 bits per heavy atom. The second-order valence-corrected chi connectivity index (χ2v) is 2.49. The average molecular weight is 157 g/mol. The number of nitrogens with zero attached hydrogens (tertiary/aromatic N) is 1. The summed E-state index contributed by atoms with van der Waals surface area (Å²) in [5.74, 6) is 0.862. The molecule has 3 heteroatoms. The molecular weight excluding hydrogens is 142 g/mol. The van der Waals surface area contributed by atoms with Crippen LogP contribution in [0.4, 0.5) is 0 Å². The van der Waals surface area contributed by atoms with Crippen molar-refractivity contribution in [1.82, 2.24) is 0 Å². The van der Waals surface area contributed by atoms with Crippen molar-refractivity contribution >= 4 is 5.90 Å². The van der Waals surface area contributed by atoms with Gasteiger partial charge in [0.1, 0.15) is 6.61 Å². The minimum Gasteiger partial charge on any atom is -0.479 e. The van der Waals surface area contributed by atoms with Crippen molar-refractivity contribution in [2.24, 2.45) is 4.99 Å². The first-order valence-electron chi connectivity index (χ1n) is 4.17. The van der Waals surface area contributed by atoms with Crippen LogP contribution in [-0.2, 0) is 9.47 Å². The van der Waals surface area contributed by atoms with Crippen LogP contribution in [0.25, 0.3) is 0 Å². The lowest BCUT2D eigenvalue weighted by molar-refractivity contribution is 0.138. The van der Waals surface area contributed by atoms with Crippen LogP contribution in [0.5, 0.6) is 0 Å². The lowest BCUT2D eigenvalue weighted by Crippen LogP contribution is -2.04. The van der Waals surface area contributed by atoms with E-state index in [1.807, 2.05) is 0 Å². The van der Waals surface area contributed by atoms with E-state index < -0.39 is 0 Å². The Morgan fingerprint density at radius 3 is 3.09 bits per heavy atom. The fourth-order valence-electron chi connectivity index (χ4n) is 0.937. The Morgan fingerprint density at radius 1 is 1.55 bits per heavy atom. The van der Waals surface area contributed by atoms with Crippen LogP contribution in [0.15, 0.2) is 4.99 Å². The number of hydrogen-bond donors (Lipinski definition) is 0. The summed E-state index contributed by atoms with van der Waals surface area (Å²) in [5.41, 5.74) is 0. The summed E-state index contributed by atoms with van der Waals surface area (Å²) in [6.45, 7) is 5.26. The van der Waals surface area contributed by atoms with Gasteiger partial charge in [-0.25, -0.2) is 0 Å². The van der Waals surface area contributed by atoms with Gasteiger partial charge in [-0.1, -0.05) is 6.92 Å². The van der Waals surface area contributed by atoms with Gasteiger partial charge in [0.25, 0.3) is 0 Å². The van der Waals surface area contributed by atoms with Gasteiger partial charge < -0.3 is 9.47 Å². The monoisotopic (exact) mass is 157 g/mol. The van der Waals surface area contributed by atoms with Gasteiger partial charge in [-0.05, 0) is 6.42 Å². The number of hydrogen-bond acceptors (Lipinski definition) is 3. The molecule has 0 saturated carbocycles. The van der Waals surface area contributed by atoms with E-state index in [0.29, 0.717) is 0 Å². The third-order valence-electron chi connectivity index (χ3n) is 1.46. The van der Waals surface area contributed by atoms with Gasteiger partial charge in [-0.2, -0.15) is 0 Å². The van der Waals surface area contributed by atoms with E-state index in [1.165, 1.54) is 0 Å². The minimum absolute atomic E-state index is 0.743. The van der Waals surface area contributed by atoms with Gasteiger partial charge in [0, 0.05) is 13.0 Å². The van der Waals surface area contributed by atoms with Crippen LogP contribution >= 0.6 is 0 Å². The van der Waals surface area contributed by atoms with Crippen LogP contribution in [0.3, 0.4) is 0 Å². The normalized spacial score (nSPS) is 16.3. The molecule has 0 amide bonds. The summed E-state index contributed by atoms with van der Waals surface area (Å²) >= 11 is 0. The zero-order valence-corrected chi connectivity index (χ0v) is 7.01. The molecule has 1 heterocycles. The van der Waals surface area contributed by atoms with Gasteiger partial charge in [0.05, 0.1) is 13.2 Å². The third kappa shape index (κ3) is 3.37. The fourth-order valence-corrected chi connectivity index (χ4v) is 0.937. The Balaban J connectivity index is 1.94. The second-order valence-electron chi connectivity index (χ2n) is 2.49. The zero-order chi connectivity index (χ0) is 7.94. The van der Waals surface area contributed by atoms with Gasteiger partial charge in [-0.3, -0.25) is 4.99 Å². The Bertz CT molecular complexity index is 134. The molecular formula is C8H15NO2. The van der Waals surface area contributed by atoms with Crippen molar-refractivity contribution in [3.05, 3.63) is 0 Å². The number of rotatable bonds is 5. The highest BCUT2D eigenvalue weighted by atomic mass is 16.5. The molecule has 0 spiro atoms. The maximum atomic E-state index is 5.28. The molecule has 0 atom stereocenters. The standard InChI is InChI=1S/C8H15NO2/c1-2-5-10-6-3-8-9-4-7-11-8/h2-7H2,1H3. The highest BCUT2D eigenvalue weighted by molar-refractivity contribution is 5.77. The van der Waals surface area contributed by atoms with Gasteiger partial charge in [0.15, 0.2) is 5.90 Å². The first kappa shape index (κ1) is 8.53. The SMILES string of the molecule is CCCOCCC1=NCCO1. The maximum absolute atomic E-state index is 5.28. The molecule has 0 aromatic rings. The first-order valence-corrected chi connectivity index (χ1v) is 4.17. The molecule has 0 unspecified atom stereocenters. The summed E-state index contributed by atoms with van der Waals surface area (Å²) in [5, 5.41) is 0. The first-order chi connectivity index (χ1) is 5.43. The van der Waals surface area contributed by atoms with Gasteiger partial charge in [-0.15, -0.1) is 0 Å². The number of aliphatic imine (C=N–C) groups is 1. The fraction of sp³-hybridized carbons (Fsp3) is 0.875. The van der Waals surface area contributed by atoms with E-state index >= 15 is 0 Å². The minimum atomic E-state index is 0.743. The van der Waals surface area contributed by atoms with Crippen molar-refractivity contribution in [1.29, 1.82) is 0 Å². The van der Waals surface area contributed by atoms with E-state index in [9.17, 15) is 0 Å². The van der Waals surface area contributed by atoms with E-state index in [2.05, 4.69) is 11.9 Å². The molecule has 3 nitrogen and oxygen atoms in total. The predicted octanol–water partition coefficient (Wildman–Crippen LogP) is 1.23. The maximum Gasteiger partial charge on any atom is 0.185 e. The summed E-state index contributed by atoms with van der Waals surface area (Å²) in [7, 11) is 0. The summed E-state index contributed by atoms with van der Waals surface area (Å²) in [6.07, 6.45) is 1.91. The molecule has 1 aliphatic heterocycles. The molecule has 1 rings (SSSR count). The van der Waals surface area contributed by atoms with Gasteiger partial charge in [0.2, 0.25) is 0 Å². The van der Waals surface area contributed by atoms with Crippen molar-refractivity contribution in [2.45, 2.75) is 19.8 Å². The average Bonchev–Trinajstić information content (AvgIpc) is 2.50. The lowest BCUT2D eigenvalue weighted by Gasteiger charge is -2.01. The second kappa shape index (κ2) is 5.13. The van der Waals surface area contributed by atoms with Gasteiger partial charge >= 0.3 is 0 Å². The zero-order valence-electron chi connectivity index (χ0n) is 7.01. The summed E-state index contributed by atoms with van der Waals surface area (Å²) in [4.78, 5) is 4.15. The molecule has 0 saturated heterocycles. The Kier molecular flexibility index (Phi) is 3.98. The van der Waals surface area contributed by atoms with E-state index in [4.69, 9.17) is 9.47 Å². The van der Waals surface area contributed by atoms with Crippen LogP contribution in [0.1, 0.15) is 19.8 Å². The molecule has 1 aliphatic rings. The summed E-state index contributed by atoms with van der Waals surface area (Å²) < 4.78 is 10.5. The quantitative estimate of drug-likeness (QED) is 0.562.